The van der Waals surface area contributed by atoms with E-state index in [1.807, 2.05) is 0 Å². The van der Waals surface area contributed by atoms with Crippen LogP contribution in [-0.4, -0.2) is 61.2 Å². The van der Waals surface area contributed by atoms with E-state index in [1.165, 1.54) is 65.0 Å². The molecule has 1 spiro atoms. The zero-order valence-corrected chi connectivity index (χ0v) is 12.1. The first-order valence-corrected chi connectivity index (χ1v) is 7.95. The van der Waals surface area contributed by atoms with Crippen molar-refractivity contribution in [1.82, 2.24) is 15.1 Å². The highest BCUT2D eigenvalue weighted by atomic mass is 15.2. The number of likely N-dealkylation sites (tertiary alicyclic amines) is 1. The molecule has 0 radical (unpaired) electrons. The average Bonchev–Trinajstić information content (AvgIpc) is 2.31. The van der Waals surface area contributed by atoms with Crippen LogP contribution in [0.3, 0.4) is 0 Å². The summed E-state index contributed by atoms with van der Waals surface area (Å²) in [6.07, 6.45) is 5.70. The molecule has 0 aromatic rings. The maximum atomic E-state index is 3.45. The number of nitrogens with one attached hydrogen (secondary N) is 1. The molecule has 1 saturated carbocycles. The third kappa shape index (κ3) is 2.21. The van der Waals surface area contributed by atoms with Gasteiger partial charge in [0.25, 0.3) is 0 Å². The Morgan fingerprint density at radius 3 is 2.22 bits per heavy atom. The highest BCUT2D eigenvalue weighted by Crippen LogP contribution is 2.47. The lowest BCUT2D eigenvalue weighted by atomic mass is 9.61. The summed E-state index contributed by atoms with van der Waals surface area (Å²) in [6.45, 7) is 12.3. The minimum absolute atomic E-state index is 0.724. The second-order valence-corrected chi connectivity index (χ2v) is 6.66. The van der Waals surface area contributed by atoms with Crippen LogP contribution in [0.25, 0.3) is 0 Å². The first-order chi connectivity index (χ1) is 8.76. The normalized spacial score (nSPS) is 29.5. The summed E-state index contributed by atoms with van der Waals surface area (Å²) in [5.41, 5.74) is 0.724. The summed E-state index contributed by atoms with van der Waals surface area (Å²) < 4.78 is 0. The predicted molar refractivity (Wildman–Crippen MR) is 75.8 cm³/mol. The van der Waals surface area contributed by atoms with Gasteiger partial charge in [0, 0.05) is 25.2 Å². The van der Waals surface area contributed by atoms with Gasteiger partial charge in [-0.2, -0.15) is 0 Å². The van der Waals surface area contributed by atoms with Crippen LogP contribution in [0.4, 0.5) is 0 Å². The van der Waals surface area contributed by atoms with E-state index < -0.39 is 0 Å². The summed E-state index contributed by atoms with van der Waals surface area (Å²) in [6, 6.07) is 1.77. The molecule has 3 aliphatic rings. The fourth-order valence-electron chi connectivity index (χ4n) is 4.32. The zero-order valence-electron chi connectivity index (χ0n) is 12.1. The molecule has 2 aliphatic heterocycles. The summed E-state index contributed by atoms with van der Waals surface area (Å²) >= 11 is 0. The van der Waals surface area contributed by atoms with Crippen LogP contribution in [0.15, 0.2) is 0 Å². The number of piperidine rings is 1. The Bertz CT molecular complexity index is 271. The Hall–Kier alpha value is -0.120. The van der Waals surface area contributed by atoms with E-state index in [0.717, 1.165) is 17.5 Å². The number of nitrogens with zero attached hydrogens (tertiary/aromatic N) is 2. The van der Waals surface area contributed by atoms with E-state index in [-0.39, 0.29) is 0 Å². The van der Waals surface area contributed by atoms with Crippen molar-refractivity contribution in [3.63, 3.8) is 0 Å². The van der Waals surface area contributed by atoms with Crippen LogP contribution >= 0.6 is 0 Å². The highest BCUT2D eigenvalue weighted by molar-refractivity contribution is 5.06. The van der Waals surface area contributed by atoms with E-state index in [1.54, 1.807) is 0 Å². The molecule has 18 heavy (non-hydrogen) atoms. The Morgan fingerprint density at radius 2 is 1.78 bits per heavy atom. The molecule has 0 aromatic heterocycles. The summed E-state index contributed by atoms with van der Waals surface area (Å²) in [7, 11) is 0. The Morgan fingerprint density at radius 1 is 1.11 bits per heavy atom. The molecule has 3 rings (SSSR count). The molecule has 2 heterocycles. The molecule has 3 nitrogen and oxygen atoms in total. The van der Waals surface area contributed by atoms with Gasteiger partial charge in [-0.05, 0) is 57.3 Å². The largest absolute Gasteiger partial charge is 0.316 e. The summed E-state index contributed by atoms with van der Waals surface area (Å²) in [5, 5.41) is 3.45. The first kappa shape index (κ1) is 12.9. The monoisotopic (exact) mass is 251 g/mol. The van der Waals surface area contributed by atoms with Crippen LogP contribution in [0.5, 0.6) is 0 Å². The van der Waals surface area contributed by atoms with E-state index in [9.17, 15) is 0 Å². The van der Waals surface area contributed by atoms with Gasteiger partial charge < -0.3 is 10.2 Å². The third-order valence-electron chi connectivity index (χ3n) is 5.64. The van der Waals surface area contributed by atoms with Crippen LogP contribution in [0, 0.1) is 5.41 Å². The first-order valence-electron chi connectivity index (χ1n) is 7.95. The zero-order chi connectivity index (χ0) is 12.6. The molecule has 3 fully saturated rings. The lowest BCUT2D eigenvalue weighted by Crippen LogP contribution is -2.66. The van der Waals surface area contributed by atoms with Gasteiger partial charge in [-0.25, -0.2) is 0 Å². The number of hydrogen-bond donors (Lipinski definition) is 1. The van der Waals surface area contributed by atoms with Crippen molar-refractivity contribution in [3.05, 3.63) is 0 Å². The summed E-state index contributed by atoms with van der Waals surface area (Å²) in [5.74, 6) is 0. The average molecular weight is 251 g/mol. The Labute approximate surface area is 112 Å². The van der Waals surface area contributed by atoms with Crippen LogP contribution in [-0.2, 0) is 0 Å². The maximum absolute atomic E-state index is 3.45. The predicted octanol–water partition coefficient (Wildman–Crippen LogP) is 1.54. The number of rotatable bonds is 4. The van der Waals surface area contributed by atoms with Crippen molar-refractivity contribution in [2.45, 2.75) is 51.6 Å². The molecular weight excluding hydrogens is 222 g/mol. The maximum Gasteiger partial charge on any atom is 0.0122 e. The van der Waals surface area contributed by atoms with Crippen molar-refractivity contribution in [3.8, 4) is 0 Å². The molecule has 1 N–H and O–H groups in total. The molecular formula is C15H29N3. The van der Waals surface area contributed by atoms with E-state index >= 15 is 0 Å². The fourth-order valence-corrected chi connectivity index (χ4v) is 4.32. The fraction of sp³-hybridized carbons (Fsp3) is 1.00. The molecule has 0 aromatic carbocycles. The molecule has 104 valence electrons. The summed E-state index contributed by atoms with van der Waals surface area (Å²) in [4.78, 5) is 5.43. The van der Waals surface area contributed by atoms with Crippen molar-refractivity contribution < 1.29 is 0 Å². The molecule has 2 saturated heterocycles. The van der Waals surface area contributed by atoms with Gasteiger partial charge in [0.15, 0.2) is 0 Å². The quantitative estimate of drug-likeness (QED) is 0.818. The second kappa shape index (κ2) is 5.10. The van der Waals surface area contributed by atoms with Gasteiger partial charge in [-0.15, -0.1) is 0 Å². The van der Waals surface area contributed by atoms with Gasteiger partial charge in [-0.1, -0.05) is 13.8 Å². The minimum Gasteiger partial charge on any atom is -0.316 e. The van der Waals surface area contributed by atoms with Gasteiger partial charge in [0.05, 0.1) is 0 Å². The van der Waals surface area contributed by atoms with E-state index in [0.29, 0.717) is 0 Å². The molecule has 1 aliphatic carbocycles. The Balaban J connectivity index is 1.50. The van der Waals surface area contributed by atoms with Crippen molar-refractivity contribution in [1.29, 1.82) is 0 Å². The second-order valence-electron chi connectivity index (χ2n) is 6.66. The topological polar surface area (TPSA) is 18.5 Å². The lowest BCUT2D eigenvalue weighted by Gasteiger charge is -2.58. The van der Waals surface area contributed by atoms with Crippen molar-refractivity contribution in [2.75, 3.05) is 39.3 Å². The molecule has 0 amide bonds. The molecule has 0 unspecified atom stereocenters. The van der Waals surface area contributed by atoms with Gasteiger partial charge in [0.2, 0.25) is 0 Å². The molecule has 0 atom stereocenters. The van der Waals surface area contributed by atoms with Gasteiger partial charge in [0.1, 0.15) is 0 Å². The van der Waals surface area contributed by atoms with E-state index in [2.05, 4.69) is 29.0 Å². The van der Waals surface area contributed by atoms with Gasteiger partial charge in [-0.3, -0.25) is 4.90 Å². The number of hydrogen-bond acceptors (Lipinski definition) is 3. The van der Waals surface area contributed by atoms with Crippen LogP contribution in [0.1, 0.15) is 39.5 Å². The van der Waals surface area contributed by atoms with Gasteiger partial charge >= 0.3 is 0 Å². The smallest absolute Gasteiger partial charge is 0.0122 e. The Kier molecular flexibility index (Phi) is 3.65. The lowest BCUT2D eigenvalue weighted by molar-refractivity contribution is -0.0585. The SMILES string of the molecule is CCN1CCC(N(CC)C2CC3(CNC3)C2)CC1. The van der Waals surface area contributed by atoms with Crippen molar-refractivity contribution in [2.24, 2.45) is 5.41 Å². The highest BCUT2D eigenvalue weighted by Gasteiger charge is 2.50. The molecule has 0 bridgehead atoms. The molecule has 3 heteroatoms. The van der Waals surface area contributed by atoms with Crippen LogP contribution < -0.4 is 5.32 Å². The van der Waals surface area contributed by atoms with E-state index in [4.69, 9.17) is 0 Å². The minimum atomic E-state index is 0.724. The third-order valence-corrected chi connectivity index (χ3v) is 5.64. The van der Waals surface area contributed by atoms with Crippen molar-refractivity contribution >= 4 is 0 Å². The van der Waals surface area contributed by atoms with Crippen LogP contribution in [0.2, 0.25) is 0 Å². The standard InChI is InChI=1S/C15H29N3/c1-3-17-7-5-13(6-8-17)18(4-2)14-9-15(10-14)11-16-12-15/h13-14,16H,3-12H2,1-2H3.